The van der Waals surface area contributed by atoms with Crippen LogP contribution in [0.2, 0.25) is 0 Å². The van der Waals surface area contributed by atoms with Gasteiger partial charge in [-0.15, -0.1) is 0 Å². The van der Waals surface area contributed by atoms with E-state index in [0.29, 0.717) is 6.42 Å². The van der Waals surface area contributed by atoms with Crippen molar-refractivity contribution in [1.29, 1.82) is 0 Å². The van der Waals surface area contributed by atoms with Gasteiger partial charge in [0, 0.05) is 45.0 Å². The first-order valence-electron chi connectivity index (χ1n) is 7.25. The molecule has 1 aliphatic rings. The number of carbonyl (C=O) groups is 1. The van der Waals surface area contributed by atoms with Gasteiger partial charge in [0.1, 0.15) is 0 Å². The Hall–Kier alpha value is -1.65. The Kier molecular flexibility index (Phi) is 4.57. The van der Waals surface area contributed by atoms with Crippen molar-refractivity contribution >= 4 is 11.9 Å². The van der Waals surface area contributed by atoms with Crippen molar-refractivity contribution in [3.05, 3.63) is 18.5 Å². The molecule has 110 valence electrons. The van der Waals surface area contributed by atoms with E-state index >= 15 is 0 Å². The molecule has 1 aliphatic heterocycles. The Morgan fingerprint density at radius 2 is 1.75 bits per heavy atom. The lowest BCUT2D eigenvalue weighted by molar-refractivity contribution is -0.132. The summed E-state index contributed by atoms with van der Waals surface area (Å²) in [5, 5.41) is 0. The van der Waals surface area contributed by atoms with Crippen LogP contribution in [0.5, 0.6) is 0 Å². The largest absolute Gasteiger partial charge is 0.339 e. The molecule has 1 fully saturated rings. The van der Waals surface area contributed by atoms with Crippen LogP contribution in [0.4, 0.5) is 5.95 Å². The third kappa shape index (κ3) is 4.18. The molecule has 1 aromatic heterocycles. The molecule has 0 saturated carbocycles. The highest BCUT2D eigenvalue weighted by Crippen LogP contribution is 2.21. The molecule has 0 bridgehead atoms. The van der Waals surface area contributed by atoms with Crippen LogP contribution in [0.25, 0.3) is 0 Å². The van der Waals surface area contributed by atoms with E-state index in [4.69, 9.17) is 0 Å². The van der Waals surface area contributed by atoms with Crippen LogP contribution < -0.4 is 4.90 Å². The Morgan fingerprint density at radius 3 is 2.30 bits per heavy atom. The lowest BCUT2D eigenvalue weighted by Crippen LogP contribution is -2.49. The molecular weight excluding hydrogens is 252 g/mol. The molecule has 2 heterocycles. The summed E-state index contributed by atoms with van der Waals surface area (Å²) in [5.41, 5.74) is 0.218. The van der Waals surface area contributed by atoms with Gasteiger partial charge in [-0.05, 0) is 17.9 Å². The predicted octanol–water partition coefficient (Wildman–Crippen LogP) is 1.95. The van der Waals surface area contributed by atoms with Crippen molar-refractivity contribution in [1.82, 2.24) is 14.9 Å². The minimum absolute atomic E-state index is 0.218. The first kappa shape index (κ1) is 14.8. The fourth-order valence-corrected chi connectivity index (χ4v) is 2.25. The lowest BCUT2D eigenvalue weighted by Gasteiger charge is -2.35. The van der Waals surface area contributed by atoms with E-state index in [9.17, 15) is 4.79 Å². The van der Waals surface area contributed by atoms with E-state index in [-0.39, 0.29) is 11.3 Å². The topological polar surface area (TPSA) is 49.3 Å². The molecule has 1 aromatic rings. The number of hydrogen-bond acceptors (Lipinski definition) is 4. The van der Waals surface area contributed by atoms with E-state index in [1.165, 1.54) is 0 Å². The van der Waals surface area contributed by atoms with Crippen LogP contribution in [0.1, 0.15) is 33.6 Å². The Bertz CT molecular complexity index is 433. The van der Waals surface area contributed by atoms with Crippen molar-refractivity contribution in [2.45, 2.75) is 33.6 Å². The van der Waals surface area contributed by atoms with E-state index < -0.39 is 0 Å². The quantitative estimate of drug-likeness (QED) is 0.846. The molecule has 0 radical (unpaired) electrons. The van der Waals surface area contributed by atoms with Crippen molar-refractivity contribution in [2.75, 3.05) is 31.1 Å². The van der Waals surface area contributed by atoms with Gasteiger partial charge in [-0.2, -0.15) is 0 Å². The summed E-state index contributed by atoms with van der Waals surface area (Å²) < 4.78 is 0. The van der Waals surface area contributed by atoms with Crippen LogP contribution >= 0.6 is 0 Å². The molecule has 0 N–H and O–H groups in total. The Labute approximate surface area is 121 Å². The Morgan fingerprint density at radius 1 is 1.15 bits per heavy atom. The third-order valence-corrected chi connectivity index (χ3v) is 3.56. The van der Waals surface area contributed by atoms with Gasteiger partial charge in [-0.3, -0.25) is 4.79 Å². The second-order valence-electron chi connectivity index (χ2n) is 6.48. The normalized spacial score (nSPS) is 16.4. The zero-order valence-electron chi connectivity index (χ0n) is 12.7. The molecule has 0 spiro atoms. The van der Waals surface area contributed by atoms with Crippen molar-refractivity contribution < 1.29 is 4.79 Å². The van der Waals surface area contributed by atoms with Crippen LogP contribution in [-0.4, -0.2) is 47.0 Å². The van der Waals surface area contributed by atoms with Crippen LogP contribution in [0.15, 0.2) is 18.5 Å². The third-order valence-electron chi connectivity index (χ3n) is 3.56. The summed E-state index contributed by atoms with van der Waals surface area (Å²) in [7, 11) is 0. The zero-order chi connectivity index (χ0) is 14.6. The standard InChI is InChI=1S/C15H24N4O/c1-15(2,3)6-5-13(20)18-9-11-19(12-10-18)14-16-7-4-8-17-14/h4,7-8H,5-6,9-12H2,1-3H3. The van der Waals surface area contributed by atoms with Crippen LogP contribution in [-0.2, 0) is 4.79 Å². The van der Waals surface area contributed by atoms with E-state index in [1.54, 1.807) is 12.4 Å². The summed E-state index contributed by atoms with van der Waals surface area (Å²) in [6.45, 7) is 9.67. The SMILES string of the molecule is CC(C)(C)CCC(=O)N1CCN(c2ncccn2)CC1. The van der Waals surface area contributed by atoms with Gasteiger partial charge in [0.2, 0.25) is 11.9 Å². The first-order chi connectivity index (χ1) is 9.46. The molecule has 2 rings (SSSR count). The second-order valence-corrected chi connectivity index (χ2v) is 6.48. The predicted molar refractivity (Wildman–Crippen MR) is 79.5 cm³/mol. The summed E-state index contributed by atoms with van der Waals surface area (Å²) in [6.07, 6.45) is 5.09. The zero-order valence-corrected chi connectivity index (χ0v) is 12.7. The fraction of sp³-hybridized carbons (Fsp3) is 0.667. The summed E-state index contributed by atoms with van der Waals surface area (Å²) in [4.78, 5) is 24.8. The number of amides is 1. The van der Waals surface area contributed by atoms with Gasteiger partial charge in [0.25, 0.3) is 0 Å². The number of aromatic nitrogens is 2. The van der Waals surface area contributed by atoms with Gasteiger partial charge in [-0.1, -0.05) is 20.8 Å². The van der Waals surface area contributed by atoms with E-state index in [2.05, 4.69) is 35.6 Å². The molecule has 0 atom stereocenters. The van der Waals surface area contributed by atoms with Gasteiger partial charge < -0.3 is 9.80 Å². The van der Waals surface area contributed by atoms with Crippen molar-refractivity contribution in [3.8, 4) is 0 Å². The number of piperazine rings is 1. The lowest BCUT2D eigenvalue weighted by atomic mass is 9.90. The van der Waals surface area contributed by atoms with Gasteiger partial charge >= 0.3 is 0 Å². The van der Waals surface area contributed by atoms with Crippen molar-refractivity contribution in [3.63, 3.8) is 0 Å². The van der Waals surface area contributed by atoms with Crippen molar-refractivity contribution in [2.24, 2.45) is 5.41 Å². The van der Waals surface area contributed by atoms with Gasteiger partial charge in [0.15, 0.2) is 0 Å². The average Bonchev–Trinajstić information content (AvgIpc) is 2.45. The molecule has 5 nitrogen and oxygen atoms in total. The molecule has 0 aromatic carbocycles. The number of rotatable bonds is 3. The number of hydrogen-bond donors (Lipinski definition) is 0. The molecule has 1 saturated heterocycles. The van der Waals surface area contributed by atoms with E-state index in [1.807, 2.05) is 11.0 Å². The van der Waals surface area contributed by atoms with Crippen LogP contribution in [0.3, 0.4) is 0 Å². The minimum atomic E-state index is 0.218. The maximum Gasteiger partial charge on any atom is 0.225 e. The fourth-order valence-electron chi connectivity index (χ4n) is 2.25. The van der Waals surface area contributed by atoms with Gasteiger partial charge in [-0.25, -0.2) is 9.97 Å². The average molecular weight is 276 g/mol. The maximum atomic E-state index is 12.2. The van der Waals surface area contributed by atoms with Crippen LogP contribution in [0, 0.1) is 5.41 Å². The number of nitrogens with zero attached hydrogens (tertiary/aromatic N) is 4. The molecule has 0 unspecified atom stereocenters. The summed E-state index contributed by atoms with van der Waals surface area (Å²) in [6, 6.07) is 1.82. The number of carbonyl (C=O) groups excluding carboxylic acids is 1. The molecule has 1 amide bonds. The highest BCUT2D eigenvalue weighted by molar-refractivity contribution is 5.76. The molecule has 20 heavy (non-hydrogen) atoms. The highest BCUT2D eigenvalue weighted by atomic mass is 16.2. The minimum Gasteiger partial charge on any atom is -0.339 e. The molecular formula is C15H24N4O. The number of anilines is 1. The van der Waals surface area contributed by atoms with Gasteiger partial charge in [0.05, 0.1) is 0 Å². The second kappa shape index (κ2) is 6.20. The highest BCUT2D eigenvalue weighted by Gasteiger charge is 2.23. The first-order valence-corrected chi connectivity index (χ1v) is 7.25. The maximum absolute atomic E-state index is 12.2. The van der Waals surface area contributed by atoms with E-state index in [0.717, 1.165) is 38.5 Å². The summed E-state index contributed by atoms with van der Waals surface area (Å²) in [5.74, 6) is 1.03. The molecule has 0 aliphatic carbocycles. The Balaban J connectivity index is 1.81. The smallest absolute Gasteiger partial charge is 0.225 e. The molecule has 5 heteroatoms. The monoisotopic (exact) mass is 276 g/mol. The summed E-state index contributed by atoms with van der Waals surface area (Å²) >= 11 is 0.